The zero-order valence-electron chi connectivity index (χ0n) is 18.3. The quantitative estimate of drug-likeness (QED) is 0.546. The number of carbonyl (C=O) groups is 1. The van der Waals surface area contributed by atoms with Crippen molar-refractivity contribution in [2.45, 2.75) is 52.1 Å². The molecule has 2 atom stereocenters. The Kier molecular flexibility index (Phi) is 6.28. The van der Waals surface area contributed by atoms with Gasteiger partial charge in [-0.25, -0.2) is 4.98 Å². The molecule has 1 saturated heterocycles. The third-order valence-corrected chi connectivity index (χ3v) is 7.03. The lowest BCUT2D eigenvalue weighted by molar-refractivity contribution is -0.122. The molecule has 1 aromatic carbocycles. The fraction of sp³-hybridized carbons (Fsp3) is 0.360. The van der Waals surface area contributed by atoms with E-state index in [2.05, 4.69) is 41.6 Å². The summed E-state index contributed by atoms with van der Waals surface area (Å²) in [6.45, 7) is 7.00. The van der Waals surface area contributed by atoms with Crippen LogP contribution < -0.4 is 10.2 Å². The van der Waals surface area contributed by atoms with Crippen molar-refractivity contribution in [1.82, 2.24) is 10.3 Å². The van der Waals surface area contributed by atoms with E-state index in [1.807, 2.05) is 31.2 Å². The Morgan fingerprint density at radius 3 is 2.84 bits per heavy atom. The Bertz CT molecular complexity index is 1080. The van der Waals surface area contributed by atoms with E-state index in [9.17, 15) is 9.90 Å². The molecule has 1 amide bonds. The number of hydrogen-bond acceptors (Lipinski definition) is 5. The molecule has 1 fully saturated rings. The van der Waals surface area contributed by atoms with Gasteiger partial charge in [-0.05, 0) is 79.9 Å². The van der Waals surface area contributed by atoms with Gasteiger partial charge in [0.2, 0.25) is 5.91 Å². The smallest absolute Gasteiger partial charge is 0.242 e. The lowest BCUT2D eigenvalue weighted by atomic mass is 10.1. The van der Waals surface area contributed by atoms with Crippen molar-refractivity contribution in [1.29, 1.82) is 0 Å². The highest BCUT2D eigenvalue weighted by Crippen LogP contribution is 2.37. The van der Waals surface area contributed by atoms with E-state index in [1.165, 1.54) is 10.4 Å². The number of anilines is 1. The van der Waals surface area contributed by atoms with Gasteiger partial charge in [-0.3, -0.25) is 4.79 Å². The molecule has 2 aromatic heterocycles. The minimum Gasteiger partial charge on any atom is -0.507 e. The Labute approximate surface area is 187 Å². The molecule has 0 saturated carbocycles. The molecule has 0 aliphatic carbocycles. The molecule has 1 unspecified atom stereocenters. The van der Waals surface area contributed by atoms with Crippen molar-refractivity contribution in [3.63, 3.8) is 0 Å². The third-order valence-electron chi connectivity index (χ3n) is 5.97. The molecule has 6 heteroatoms. The lowest BCUT2D eigenvalue weighted by Crippen LogP contribution is -2.46. The largest absolute Gasteiger partial charge is 0.507 e. The van der Waals surface area contributed by atoms with E-state index in [4.69, 9.17) is 4.98 Å². The molecule has 0 bridgehead atoms. The van der Waals surface area contributed by atoms with Crippen LogP contribution in [0.5, 0.6) is 5.75 Å². The molecule has 3 heterocycles. The van der Waals surface area contributed by atoms with Crippen LogP contribution in [0.3, 0.4) is 0 Å². The van der Waals surface area contributed by atoms with Gasteiger partial charge in [-0.15, -0.1) is 11.3 Å². The predicted octanol–water partition coefficient (Wildman–Crippen LogP) is 5.37. The van der Waals surface area contributed by atoms with Gasteiger partial charge in [-0.1, -0.05) is 19.1 Å². The first-order valence-electron chi connectivity index (χ1n) is 10.9. The molecule has 5 nitrogen and oxygen atoms in total. The number of carbonyl (C=O) groups excluding carboxylic acids is 1. The first kappa shape index (κ1) is 21.4. The second-order valence-corrected chi connectivity index (χ2v) is 9.13. The average Bonchev–Trinajstić information content (AvgIpc) is 3.43. The highest BCUT2D eigenvalue weighted by Gasteiger charge is 2.32. The van der Waals surface area contributed by atoms with Gasteiger partial charge >= 0.3 is 0 Å². The fourth-order valence-electron chi connectivity index (χ4n) is 4.05. The van der Waals surface area contributed by atoms with Crippen LogP contribution >= 0.6 is 11.3 Å². The van der Waals surface area contributed by atoms with E-state index in [-0.39, 0.29) is 23.7 Å². The van der Waals surface area contributed by atoms with E-state index < -0.39 is 0 Å². The highest BCUT2D eigenvalue weighted by molar-refractivity contribution is 7.13. The van der Waals surface area contributed by atoms with Crippen LogP contribution in [-0.2, 0) is 4.79 Å². The van der Waals surface area contributed by atoms with E-state index in [1.54, 1.807) is 17.4 Å². The number of thiophene rings is 1. The van der Waals surface area contributed by atoms with E-state index in [0.717, 1.165) is 37.2 Å². The Balaban J connectivity index is 1.78. The summed E-state index contributed by atoms with van der Waals surface area (Å²) in [4.78, 5) is 21.2. The summed E-state index contributed by atoms with van der Waals surface area (Å²) in [6.07, 6.45) is 2.67. The summed E-state index contributed by atoms with van der Waals surface area (Å²) in [5, 5.41) is 15.7. The maximum Gasteiger partial charge on any atom is 0.242 e. The van der Waals surface area contributed by atoms with Crippen LogP contribution in [0, 0.1) is 6.92 Å². The molecule has 0 spiro atoms. The summed E-state index contributed by atoms with van der Waals surface area (Å²) in [5.74, 6) is 1.05. The van der Waals surface area contributed by atoms with Crippen LogP contribution in [0.1, 0.15) is 38.7 Å². The molecule has 4 rings (SSSR count). The Morgan fingerprint density at radius 1 is 1.32 bits per heavy atom. The predicted molar refractivity (Wildman–Crippen MR) is 128 cm³/mol. The fourth-order valence-corrected chi connectivity index (χ4v) is 4.96. The number of rotatable bonds is 6. The normalized spacial score (nSPS) is 17.0. The van der Waals surface area contributed by atoms with Gasteiger partial charge in [0.25, 0.3) is 0 Å². The van der Waals surface area contributed by atoms with Crippen molar-refractivity contribution in [3.05, 3.63) is 53.4 Å². The summed E-state index contributed by atoms with van der Waals surface area (Å²) in [5.41, 5.74) is 3.67. The highest BCUT2D eigenvalue weighted by atomic mass is 32.1. The first-order chi connectivity index (χ1) is 15.0. The molecule has 1 aliphatic rings. The zero-order chi connectivity index (χ0) is 22.0. The molecular formula is C25H29N3O2S. The summed E-state index contributed by atoms with van der Waals surface area (Å²) in [6, 6.07) is 13.4. The number of aromatic nitrogens is 1. The minimum absolute atomic E-state index is 0.0652. The monoisotopic (exact) mass is 435 g/mol. The number of aromatic hydroxyl groups is 1. The number of hydrogen-bond donors (Lipinski definition) is 2. The number of aryl methyl sites for hydroxylation is 1. The molecule has 1 aliphatic heterocycles. The summed E-state index contributed by atoms with van der Waals surface area (Å²) < 4.78 is 0. The van der Waals surface area contributed by atoms with Gasteiger partial charge in [-0.2, -0.15) is 0 Å². The number of nitrogens with zero attached hydrogens (tertiary/aromatic N) is 2. The summed E-state index contributed by atoms with van der Waals surface area (Å²) >= 11 is 1.69. The Morgan fingerprint density at radius 2 is 2.13 bits per heavy atom. The average molecular weight is 436 g/mol. The van der Waals surface area contributed by atoms with Gasteiger partial charge < -0.3 is 15.3 Å². The maximum atomic E-state index is 13.0. The van der Waals surface area contributed by atoms with Crippen LogP contribution in [-0.4, -0.2) is 34.6 Å². The topological polar surface area (TPSA) is 65.5 Å². The molecule has 0 radical (unpaired) electrons. The number of amides is 1. The third kappa shape index (κ3) is 4.44. The standard InChI is InChI=1S/C25H29N3O2S/c1-4-17(3)26-25(30)21-9-7-12-28(21)23-15-18(24-16(2)11-13-31-24)14-20(27-23)19-8-5-6-10-22(19)29/h5-6,8,10-11,13-15,17,21,29H,4,7,9,12H2,1-3H3,(H,26,30)/t17?,21-/m0/s1. The Hall–Kier alpha value is -2.86. The minimum atomic E-state index is -0.224. The van der Waals surface area contributed by atoms with Crippen LogP contribution in [0.15, 0.2) is 47.8 Å². The lowest BCUT2D eigenvalue weighted by Gasteiger charge is -2.27. The van der Waals surface area contributed by atoms with Gasteiger partial charge in [0.1, 0.15) is 17.6 Å². The SMILES string of the molecule is CCC(C)NC(=O)[C@@H]1CCCN1c1cc(-c2sccc2C)cc(-c2ccccc2O)n1. The maximum absolute atomic E-state index is 13.0. The van der Waals surface area contributed by atoms with E-state index >= 15 is 0 Å². The zero-order valence-corrected chi connectivity index (χ0v) is 19.1. The van der Waals surface area contributed by atoms with Crippen molar-refractivity contribution < 1.29 is 9.90 Å². The van der Waals surface area contributed by atoms with Crippen molar-refractivity contribution in [3.8, 4) is 27.4 Å². The van der Waals surface area contributed by atoms with Crippen molar-refractivity contribution in [2.75, 3.05) is 11.4 Å². The van der Waals surface area contributed by atoms with Crippen molar-refractivity contribution in [2.24, 2.45) is 0 Å². The van der Waals surface area contributed by atoms with Crippen LogP contribution in [0.4, 0.5) is 5.82 Å². The van der Waals surface area contributed by atoms with E-state index in [0.29, 0.717) is 11.3 Å². The summed E-state index contributed by atoms with van der Waals surface area (Å²) in [7, 11) is 0. The number of para-hydroxylation sites is 1. The molecule has 3 aromatic rings. The number of phenolic OH excluding ortho intramolecular Hbond substituents is 1. The van der Waals surface area contributed by atoms with Gasteiger partial charge in [0, 0.05) is 23.0 Å². The van der Waals surface area contributed by atoms with Gasteiger partial charge in [0.15, 0.2) is 0 Å². The molecular weight excluding hydrogens is 406 g/mol. The number of pyridine rings is 1. The second-order valence-electron chi connectivity index (χ2n) is 8.22. The van der Waals surface area contributed by atoms with Gasteiger partial charge in [0.05, 0.1) is 5.69 Å². The molecule has 162 valence electrons. The molecule has 2 N–H and O–H groups in total. The van der Waals surface area contributed by atoms with Crippen LogP contribution in [0.25, 0.3) is 21.7 Å². The van der Waals surface area contributed by atoms with Crippen molar-refractivity contribution >= 4 is 23.1 Å². The molecule has 31 heavy (non-hydrogen) atoms. The number of benzene rings is 1. The number of phenols is 1. The second kappa shape index (κ2) is 9.10. The first-order valence-corrected chi connectivity index (χ1v) is 11.8. The van der Waals surface area contributed by atoms with Crippen LogP contribution in [0.2, 0.25) is 0 Å². The number of nitrogens with one attached hydrogen (secondary N) is 1.